The summed E-state index contributed by atoms with van der Waals surface area (Å²) in [5.74, 6) is -1.86. The lowest BCUT2D eigenvalue weighted by atomic mass is 10.0. The van der Waals surface area contributed by atoms with Gasteiger partial charge in [0.25, 0.3) is 0 Å². The fourth-order valence-corrected chi connectivity index (χ4v) is 4.68. The standard InChI is InChI=1S/C17H24N2O5S/c1-3-11-25(23,24)19-10-4-5-15(19)16(20)18-14-8-6-13(7-9-14)12(2)17(21)22/h6-9,12,15H,3-5,10-11H2,1-2H3,(H,18,20)(H,21,22). The quantitative estimate of drug-likeness (QED) is 0.766. The molecule has 138 valence electrons. The second-order valence-corrected chi connectivity index (χ2v) is 8.30. The highest BCUT2D eigenvalue weighted by molar-refractivity contribution is 7.89. The number of amides is 1. The van der Waals surface area contributed by atoms with Crippen molar-refractivity contribution in [3.63, 3.8) is 0 Å². The highest BCUT2D eigenvalue weighted by atomic mass is 32.2. The third-order valence-electron chi connectivity index (χ3n) is 4.37. The van der Waals surface area contributed by atoms with Gasteiger partial charge in [-0.15, -0.1) is 0 Å². The van der Waals surface area contributed by atoms with Gasteiger partial charge in [-0.05, 0) is 43.9 Å². The van der Waals surface area contributed by atoms with Gasteiger partial charge in [0.05, 0.1) is 11.7 Å². The molecule has 1 fully saturated rings. The van der Waals surface area contributed by atoms with E-state index in [0.29, 0.717) is 37.1 Å². The second kappa shape index (κ2) is 7.97. The number of carboxylic acids is 1. The molecule has 2 unspecified atom stereocenters. The number of hydrogen-bond donors (Lipinski definition) is 2. The highest BCUT2D eigenvalue weighted by Crippen LogP contribution is 2.24. The molecule has 7 nitrogen and oxygen atoms in total. The van der Waals surface area contributed by atoms with Gasteiger partial charge in [-0.1, -0.05) is 19.1 Å². The van der Waals surface area contributed by atoms with Crippen LogP contribution in [0, 0.1) is 0 Å². The fourth-order valence-electron chi connectivity index (χ4n) is 2.93. The minimum atomic E-state index is -3.42. The van der Waals surface area contributed by atoms with E-state index in [-0.39, 0.29) is 11.7 Å². The average molecular weight is 368 g/mol. The lowest BCUT2D eigenvalue weighted by Crippen LogP contribution is -2.44. The van der Waals surface area contributed by atoms with Crippen LogP contribution in [0.3, 0.4) is 0 Å². The van der Waals surface area contributed by atoms with Crippen LogP contribution in [-0.4, -0.2) is 48.0 Å². The van der Waals surface area contributed by atoms with Crippen molar-refractivity contribution in [2.24, 2.45) is 0 Å². The molecule has 1 aliphatic heterocycles. The Hall–Kier alpha value is -1.93. The molecular formula is C17H24N2O5S. The lowest BCUT2D eigenvalue weighted by molar-refractivity contribution is -0.138. The van der Waals surface area contributed by atoms with Gasteiger partial charge in [0, 0.05) is 12.2 Å². The van der Waals surface area contributed by atoms with Crippen LogP contribution in [-0.2, 0) is 19.6 Å². The van der Waals surface area contributed by atoms with E-state index in [1.165, 1.54) is 4.31 Å². The number of aliphatic carboxylic acids is 1. The summed E-state index contributed by atoms with van der Waals surface area (Å²) in [6, 6.07) is 5.87. The van der Waals surface area contributed by atoms with Crippen LogP contribution >= 0.6 is 0 Å². The van der Waals surface area contributed by atoms with Gasteiger partial charge in [-0.25, -0.2) is 8.42 Å². The third-order valence-corrected chi connectivity index (χ3v) is 6.45. The summed E-state index contributed by atoms with van der Waals surface area (Å²) < 4.78 is 25.8. The van der Waals surface area contributed by atoms with E-state index >= 15 is 0 Å². The summed E-state index contributed by atoms with van der Waals surface area (Å²) >= 11 is 0. The van der Waals surface area contributed by atoms with Crippen LogP contribution in [0.15, 0.2) is 24.3 Å². The summed E-state index contributed by atoms with van der Waals surface area (Å²) in [7, 11) is -3.42. The number of carbonyl (C=O) groups excluding carboxylic acids is 1. The van der Waals surface area contributed by atoms with Crippen molar-refractivity contribution in [2.45, 2.75) is 45.1 Å². The first-order chi connectivity index (χ1) is 11.8. The van der Waals surface area contributed by atoms with E-state index in [1.54, 1.807) is 38.1 Å². The molecule has 8 heteroatoms. The number of carbonyl (C=O) groups is 2. The van der Waals surface area contributed by atoms with Crippen LogP contribution in [0.25, 0.3) is 0 Å². The predicted molar refractivity (Wildman–Crippen MR) is 94.9 cm³/mol. The van der Waals surface area contributed by atoms with Crippen molar-refractivity contribution in [1.82, 2.24) is 4.31 Å². The molecule has 1 aromatic rings. The zero-order valence-electron chi connectivity index (χ0n) is 14.4. The van der Waals surface area contributed by atoms with Gasteiger partial charge >= 0.3 is 5.97 Å². The van der Waals surface area contributed by atoms with Gasteiger partial charge in [0.15, 0.2) is 0 Å². The molecule has 1 amide bonds. The Bertz CT molecular complexity index is 730. The highest BCUT2D eigenvalue weighted by Gasteiger charge is 2.38. The largest absolute Gasteiger partial charge is 0.481 e. The summed E-state index contributed by atoms with van der Waals surface area (Å²) in [5.41, 5.74) is 1.16. The Morgan fingerprint density at radius 3 is 2.52 bits per heavy atom. The Morgan fingerprint density at radius 2 is 1.96 bits per heavy atom. The SMILES string of the molecule is CCCS(=O)(=O)N1CCCC1C(=O)Nc1ccc(C(C)C(=O)O)cc1. The first-order valence-corrected chi connectivity index (χ1v) is 10.0. The molecular weight excluding hydrogens is 344 g/mol. The molecule has 0 saturated carbocycles. The Kier molecular flexibility index (Phi) is 6.18. The number of carboxylic acid groups (broad SMARTS) is 1. The number of anilines is 1. The molecule has 1 aliphatic rings. The number of benzene rings is 1. The van der Waals surface area contributed by atoms with Crippen LogP contribution < -0.4 is 5.32 Å². The molecule has 2 rings (SSSR count). The number of rotatable bonds is 7. The minimum absolute atomic E-state index is 0.0402. The van der Waals surface area contributed by atoms with E-state index in [2.05, 4.69) is 5.32 Å². The van der Waals surface area contributed by atoms with Crippen LogP contribution in [0.1, 0.15) is 44.6 Å². The summed E-state index contributed by atoms with van der Waals surface area (Å²) in [6.45, 7) is 3.75. The van der Waals surface area contributed by atoms with E-state index in [9.17, 15) is 18.0 Å². The van der Waals surface area contributed by atoms with E-state index in [1.807, 2.05) is 0 Å². The molecule has 1 aromatic carbocycles. The molecule has 0 aliphatic carbocycles. The van der Waals surface area contributed by atoms with Crippen LogP contribution in [0.4, 0.5) is 5.69 Å². The van der Waals surface area contributed by atoms with E-state index in [0.717, 1.165) is 0 Å². The van der Waals surface area contributed by atoms with Crippen LogP contribution in [0.2, 0.25) is 0 Å². The molecule has 2 atom stereocenters. The van der Waals surface area contributed by atoms with Crippen molar-refractivity contribution in [3.8, 4) is 0 Å². The third kappa shape index (κ3) is 4.58. The van der Waals surface area contributed by atoms with Gasteiger partial charge in [-0.2, -0.15) is 4.31 Å². The van der Waals surface area contributed by atoms with E-state index in [4.69, 9.17) is 5.11 Å². The normalized spacial score (nSPS) is 19.5. The van der Waals surface area contributed by atoms with E-state index < -0.39 is 28.0 Å². The molecule has 0 aromatic heterocycles. The molecule has 1 saturated heterocycles. The predicted octanol–water partition coefficient (Wildman–Crippen LogP) is 2.02. The number of nitrogens with zero attached hydrogens (tertiary/aromatic N) is 1. The van der Waals surface area contributed by atoms with Crippen molar-refractivity contribution in [1.29, 1.82) is 0 Å². The number of hydrogen-bond acceptors (Lipinski definition) is 4. The summed E-state index contributed by atoms with van der Waals surface area (Å²) in [4.78, 5) is 23.5. The van der Waals surface area contributed by atoms with Gasteiger partial charge in [-0.3, -0.25) is 9.59 Å². The van der Waals surface area contributed by atoms with Gasteiger partial charge in [0.1, 0.15) is 6.04 Å². The lowest BCUT2D eigenvalue weighted by Gasteiger charge is -2.23. The number of sulfonamides is 1. The maximum absolute atomic E-state index is 12.5. The van der Waals surface area contributed by atoms with Crippen LogP contribution in [0.5, 0.6) is 0 Å². The Morgan fingerprint density at radius 1 is 1.32 bits per heavy atom. The molecule has 2 N–H and O–H groups in total. The molecule has 0 spiro atoms. The average Bonchev–Trinajstić information content (AvgIpc) is 3.05. The van der Waals surface area contributed by atoms with Crippen molar-refractivity contribution >= 4 is 27.6 Å². The molecule has 1 heterocycles. The topological polar surface area (TPSA) is 104 Å². The molecule has 0 bridgehead atoms. The van der Waals surface area contributed by atoms with Gasteiger partial charge in [0.2, 0.25) is 15.9 Å². The van der Waals surface area contributed by atoms with Gasteiger partial charge < -0.3 is 10.4 Å². The molecule has 25 heavy (non-hydrogen) atoms. The van der Waals surface area contributed by atoms with Crippen molar-refractivity contribution in [3.05, 3.63) is 29.8 Å². The Labute approximate surface area is 148 Å². The minimum Gasteiger partial charge on any atom is -0.481 e. The maximum Gasteiger partial charge on any atom is 0.310 e. The zero-order valence-corrected chi connectivity index (χ0v) is 15.3. The maximum atomic E-state index is 12.5. The number of nitrogens with one attached hydrogen (secondary N) is 1. The Balaban J connectivity index is 2.07. The first-order valence-electron chi connectivity index (χ1n) is 8.39. The summed E-state index contributed by atoms with van der Waals surface area (Å²) in [6.07, 6.45) is 1.68. The smallest absolute Gasteiger partial charge is 0.310 e. The zero-order chi connectivity index (χ0) is 18.6. The monoisotopic (exact) mass is 368 g/mol. The second-order valence-electron chi connectivity index (χ2n) is 6.26. The molecule has 0 radical (unpaired) electrons. The van der Waals surface area contributed by atoms with Crippen molar-refractivity contribution in [2.75, 3.05) is 17.6 Å². The fraction of sp³-hybridized carbons (Fsp3) is 0.529. The summed E-state index contributed by atoms with van der Waals surface area (Å²) in [5, 5.41) is 11.7. The first kappa shape index (κ1) is 19.4. The van der Waals surface area contributed by atoms with Crippen molar-refractivity contribution < 1.29 is 23.1 Å².